The van der Waals surface area contributed by atoms with Crippen LogP contribution in [-0.4, -0.2) is 37.0 Å². The third kappa shape index (κ3) is 1.86. The zero-order chi connectivity index (χ0) is 9.97. The lowest BCUT2D eigenvalue weighted by Gasteiger charge is -2.17. The number of ether oxygens (including phenoxy) is 2. The van der Waals surface area contributed by atoms with Crippen LogP contribution in [0.3, 0.4) is 0 Å². The molecule has 4 heteroatoms. The Bertz CT molecular complexity index is 204. The molecule has 14 heavy (non-hydrogen) atoms. The Morgan fingerprint density at radius 1 is 0.786 bits per heavy atom. The average molecular weight is 198 g/mol. The Hall–Kier alpha value is -0.740. The van der Waals surface area contributed by atoms with Crippen molar-refractivity contribution >= 4 is 12.6 Å². The lowest BCUT2D eigenvalue weighted by atomic mass is 10.1. The van der Waals surface area contributed by atoms with Crippen LogP contribution in [0.15, 0.2) is 0 Å². The molecule has 0 bridgehead atoms. The lowest BCUT2D eigenvalue weighted by molar-refractivity contribution is -0.127. The number of hydrogen-bond donors (Lipinski definition) is 0. The number of carbonyl (C=O) groups excluding carboxylic acids is 2. The minimum Gasteiger partial charge on any atom is -0.365 e. The molecule has 0 radical (unpaired) electrons. The zero-order valence-corrected chi connectivity index (χ0v) is 7.93. The second-order valence-corrected chi connectivity index (χ2v) is 3.85. The maximum absolute atomic E-state index is 10.5. The molecule has 0 aromatic carbocycles. The van der Waals surface area contributed by atoms with Crippen molar-refractivity contribution in [3.8, 4) is 0 Å². The number of hydrogen-bond acceptors (Lipinski definition) is 4. The van der Waals surface area contributed by atoms with Crippen LogP contribution in [-0.2, 0) is 19.1 Å². The molecule has 2 heterocycles. The van der Waals surface area contributed by atoms with Crippen molar-refractivity contribution in [1.29, 1.82) is 0 Å². The van der Waals surface area contributed by atoms with Gasteiger partial charge >= 0.3 is 0 Å². The molecule has 4 atom stereocenters. The van der Waals surface area contributed by atoms with Crippen molar-refractivity contribution in [3.63, 3.8) is 0 Å². The molecule has 0 aromatic heterocycles. The standard InChI is InChI=1S/C10H14O4/c11-5-7-1-3-9(13-7)10-4-2-8(6-12)14-10/h5-10H,1-4H2/t7-,8-,9+,10+/m1/s1. The first-order valence-electron chi connectivity index (χ1n) is 5.05. The van der Waals surface area contributed by atoms with Crippen LogP contribution < -0.4 is 0 Å². The van der Waals surface area contributed by atoms with Crippen molar-refractivity contribution in [2.75, 3.05) is 0 Å². The molecule has 0 saturated carbocycles. The maximum atomic E-state index is 10.5. The molecule has 2 fully saturated rings. The minimum atomic E-state index is -0.265. The third-order valence-corrected chi connectivity index (χ3v) is 2.89. The van der Waals surface area contributed by atoms with Gasteiger partial charge in [0.1, 0.15) is 24.8 Å². The van der Waals surface area contributed by atoms with Crippen LogP contribution in [0, 0.1) is 0 Å². The first-order valence-corrected chi connectivity index (χ1v) is 5.05. The van der Waals surface area contributed by atoms with Gasteiger partial charge in [-0.05, 0) is 25.7 Å². The van der Waals surface area contributed by atoms with E-state index in [1.54, 1.807) is 0 Å². The summed E-state index contributed by atoms with van der Waals surface area (Å²) in [7, 11) is 0. The summed E-state index contributed by atoms with van der Waals surface area (Å²) in [5.74, 6) is 0. The van der Waals surface area contributed by atoms with Crippen molar-refractivity contribution in [2.45, 2.75) is 50.1 Å². The van der Waals surface area contributed by atoms with E-state index in [1.165, 1.54) is 0 Å². The first-order chi connectivity index (χ1) is 6.83. The van der Waals surface area contributed by atoms with E-state index >= 15 is 0 Å². The molecular formula is C10H14O4. The van der Waals surface area contributed by atoms with E-state index in [9.17, 15) is 9.59 Å². The summed E-state index contributed by atoms with van der Waals surface area (Å²) in [6.07, 6.45) is 4.44. The van der Waals surface area contributed by atoms with Gasteiger partial charge in [-0.3, -0.25) is 0 Å². The highest BCUT2D eigenvalue weighted by atomic mass is 16.6. The van der Waals surface area contributed by atoms with Crippen molar-refractivity contribution in [1.82, 2.24) is 0 Å². The minimum absolute atomic E-state index is 0.00940. The molecule has 0 unspecified atom stereocenters. The maximum Gasteiger partial charge on any atom is 0.148 e. The summed E-state index contributed by atoms with van der Waals surface area (Å²) in [4.78, 5) is 20.9. The van der Waals surface area contributed by atoms with Crippen molar-refractivity contribution < 1.29 is 19.1 Å². The predicted molar refractivity (Wildman–Crippen MR) is 47.9 cm³/mol. The van der Waals surface area contributed by atoms with Crippen LogP contribution in [0.2, 0.25) is 0 Å². The van der Waals surface area contributed by atoms with Crippen LogP contribution in [0.25, 0.3) is 0 Å². The highest BCUT2D eigenvalue weighted by Gasteiger charge is 2.36. The Labute approximate surface area is 82.6 Å². The Kier molecular flexibility index (Phi) is 2.93. The van der Waals surface area contributed by atoms with E-state index in [1.807, 2.05) is 0 Å². The van der Waals surface area contributed by atoms with Crippen LogP contribution in [0.1, 0.15) is 25.7 Å². The Morgan fingerprint density at radius 3 is 1.50 bits per heavy atom. The largest absolute Gasteiger partial charge is 0.365 e. The lowest BCUT2D eigenvalue weighted by Crippen LogP contribution is -2.27. The van der Waals surface area contributed by atoms with Gasteiger partial charge in [0, 0.05) is 0 Å². The van der Waals surface area contributed by atoms with Crippen LogP contribution >= 0.6 is 0 Å². The van der Waals surface area contributed by atoms with Crippen molar-refractivity contribution in [2.24, 2.45) is 0 Å². The van der Waals surface area contributed by atoms with Gasteiger partial charge in [-0.25, -0.2) is 0 Å². The third-order valence-electron chi connectivity index (χ3n) is 2.89. The van der Waals surface area contributed by atoms with Crippen LogP contribution in [0.4, 0.5) is 0 Å². The molecular weight excluding hydrogens is 184 g/mol. The first kappa shape index (κ1) is 9.80. The summed E-state index contributed by atoms with van der Waals surface area (Å²) in [5.41, 5.74) is 0. The van der Waals surface area contributed by atoms with Gasteiger partial charge in [0.2, 0.25) is 0 Å². The van der Waals surface area contributed by atoms with Crippen molar-refractivity contribution in [3.05, 3.63) is 0 Å². The smallest absolute Gasteiger partial charge is 0.148 e. The zero-order valence-electron chi connectivity index (χ0n) is 7.93. The normalized spacial score (nSPS) is 42.6. The average Bonchev–Trinajstić information content (AvgIpc) is 2.86. The predicted octanol–water partition coefficient (Wildman–Crippen LogP) is 0.479. The summed E-state index contributed by atoms with van der Waals surface area (Å²) < 4.78 is 11.0. The Morgan fingerprint density at radius 2 is 1.21 bits per heavy atom. The number of carbonyl (C=O) groups is 2. The molecule has 2 aliphatic heterocycles. The fraction of sp³-hybridized carbons (Fsp3) is 0.800. The van der Waals surface area contributed by atoms with E-state index in [0.717, 1.165) is 38.3 Å². The van der Waals surface area contributed by atoms with Crippen LogP contribution in [0.5, 0.6) is 0 Å². The van der Waals surface area contributed by atoms with E-state index in [4.69, 9.17) is 9.47 Å². The topological polar surface area (TPSA) is 52.6 Å². The molecule has 0 spiro atoms. The molecule has 0 aromatic rings. The van der Waals surface area contributed by atoms with Gasteiger partial charge in [0.05, 0.1) is 12.2 Å². The van der Waals surface area contributed by atoms with Gasteiger partial charge in [0.25, 0.3) is 0 Å². The number of rotatable bonds is 3. The van der Waals surface area contributed by atoms with E-state index in [0.29, 0.717) is 0 Å². The molecule has 78 valence electrons. The number of aldehydes is 2. The van der Waals surface area contributed by atoms with E-state index in [-0.39, 0.29) is 24.4 Å². The second-order valence-electron chi connectivity index (χ2n) is 3.85. The summed E-state index contributed by atoms with van der Waals surface area (Å²) in [6, 6.07) is 0. The van der Waals surface area contributed by atoms with E-state index < -0.39 is 0 Å². The fourth-order valence-electron chi connectivity index (χ4n) is 2.13. The van der Waals surface area contributed by atoms with Gasteiger partial charge < -0.3 is 19.1 Å². The second kappa shape index (κ2) is 4.19. The summed E-state index contributed by atoms with van der Waals surface area (Å²) in [6.45, 7) is 0. The molecule has 4 nitrogen and oxygen atoms in total. The molecule has 2 rings (SSSR count). The summed E-state index contributed by atoms with van der Waals surface area (Å²) in [5, 5.41) is 0. The van der Waals surface area contributed by atoms with Gasteiger partial charge in [-0.1, -0.05) is 0 Å². The van der Waals surface area contributed by atoms with Gasteiger partial charge in [0.15, 0.2) is 0 Å². The summed E-state index contributed by atoms with van der Waals surface area (Å²) >= 11 is 0. The van der Waals surface area contributed by atoms with Gasteiger partial charge in [-0.15, -0.1) is 0 Å². The quantitative estimate of drug-likeness (QED) is 0.619. The molecule has 2 aliphatic rings. The highest BCUT2D eigenvalue weighted by Crippen LogP contribution is 2.30. The Balaban J connectivity index is 1.85. The molecule has 0 aliphatic carbocycles. The fourth-order valence-corrected chi connectivity index (χ4v) is 2.13. The van der Waals surface area contributed by atoms with Gasteiger partial charge in [-0.2, -0.15) is 0 Å². The SMILES string of the molecule is O=C[C@H]1CC[C@@H]([C@@H]2CC[C@H](C=O)O2)O1. The molecule has 0 N–H and O–H groups in total. The molecule has 0 amide bonds. The monoisotopic (exact) mass is 198 g/mol. The highest BCUT2D eigenvalue weighted by molar-refractivity contribution is 5.57. The van der Waals surface area contributed by atoms with E-state index in [2.05, 4.69) is 0 Å². The molecule has 2 saturated heterocycles.